The lowest BCUT2D eigenvalue weighted by Crippen LogP contribution is -2.51. The molecule has 0 spiro atoms. The summed E-state index contributed by atoms with van der Waals surface area (Å²) in [4.78, 5) is 4.50. The molecule has 1 saturated heterocycles. The van der Waals surface area contributed by atoms with Gasteiger partial charge in [-0.1, -0.05) is 18.2 Å². The summed E-state index contributed by atoms with van der Waals surface area (Å²) in [7, 11) is -3.70. The molecule has 0 bridgehead atoms. The Morgan fingerprint density at radius 1 is 1.06 bits per heavy atom. The van der Waals surface area contributed by atoms with Gasteiger partial charge in [0.2, 0.25) is 10.0 Å². The van der Waals surface area contributed by atoms with Gasteiger partial charge in [-0.2, -0.15) is 14.5 Å². The fraction of sp³-hybridized carbons (Fsp3) is 0.318. The van der Waals surface area contributed by atoms with E-state index in [9.17, 15) is 13.5 Å². The Morgan fingerprint density at radius 2 is 1.84 bits per heavy atom. The van der Waals surface area contributed by atoms with Gasteiger partial charge in [-0.15, -0.1) is 0 Å². The molecular formula is C22H25N5O3S. The van der Waals surface area contributed by atoms with E-state index in [4.69, 9.17) is 0 Å². The van der Waals surface area contributed by atoms with Crippen LogP contribution in [-0.2, 0) is 10.0 Å². The molecule has 3 heterocycles. The van der Waals surface area contributed by atoms with E-state index in [2.05, 4.69) is 20.5 Å². The molecule has 0 unspecified atom stereocenters. The van der Waals surface area contributed by atoms with Gasteiger partial charge in [0.05, 0.1) is 28.9 Å². The monoisotopic (exact) mass is 439 g/mol. The fourth-order valence-electron chi connectivity index (χ4n) is 3.63. The van der Waals surface area contributed by atoms with Crippen molar-refractivity contribution in [2.24, 2.45) is 0 Å². The standard InChI is InChI=1S/C22H25N5O3S/c1-15-3-8-22(23-12-15)25-20-9-10-27(14-21(20)28)31(29,30)19-6-4-17(5-7-19)18-11-16(2)26-24-13-18/h3-8,11-13,20-21,28H,9-10,14H2,1-2H3,(H,23,25)/t20-,21+/m1/s1. The number of benzene rings is 1. The second kappa shape index (κ2) is 8.70. The van der Waals surface area contributed by atoms with Gasteiger partial charge in [0.15, 0.2) is 0 Å². The number of aliphatic hydroxyl groups is 1. The SMILES string of the molecule is Cc1ccc(N[C@@H]2CCN(S(=O)(=O)c3ccc(-c4cnnc(C)c4)cc3)C[C@@H]2O)nc1. The topological polar surface area (TPSA) is 108 Å². The number of aromatic nitrogens is 3. The quantitative estimate of drug-likeness (QED) is 0.628. The molecule has 31 heavy (non-hydrogen) atoms. The van der Waals surface area contributed by atoms with Crippen LogP contribution in [0, 0.1) is 13.8 Å². The Balaban J connectivity index is 1.45. The first-order valence-corrected chi connectivity index (χ1v) is 11.5. The molecule has 1 aliphatic rings. The van der Waals surface area contributed by atoms with E-state index >= 15 is 0 Å². The molecule has 2 aromatic heterocycles. The fourth-order valence-corrected chi connectivity index (χ4v) is 5.10. The van der Waals surface area contributed by atoms with Crippen molar-refractivity contribution in [3.8, 4) is 11.1 Å². The number of aliphatic hydroxyl groups excluding tert-OH is 1. The highest BCUT2D eigenvalue weighted by atomic mass is 32.2. The molecule has 9 heteroatoms. The van der Waals surface area contributed by atoms with Gasteiger partial charge in [-0.3, -0.25) is 0 Å². The number of rotatable bonds is 5. The van der Waals surface area contributed by atoms with Crippen LogP contribution in [0.4, 0.5) is 5.82 Å². The Morgan fingerprint density at radius 3 is 2.48 bits per heavy atom. The summed E-state index contributed by atoms with van der Waals surface area (Å²) >= 11 is 0. The summed E-state index contributed by atoms with van der Waals surface area (Å²) in [6.07, 6.45) is 3.04. The van der Waals surface area contributed by atoms with E-state index in [1.165, 1.54) is 4.31 Å². The van der Waals surface area contributed by atoms with E-state index < -0.39 is 16.1 Å². The van der Waals surface area contributed by atoms with Gasteiger partial charge < -0.3 is 10.4 Å². The molecule has 4 rings (SSSR count). The van der Waals surface area contributed by atoms with Gasteiger partial charge in [-0.05, 0) is 55.7 Å². The second-order valence-electron chi connectivity index (χ2n) is 7.80. The van der Waals surface area contributed by atoms with Crippen LogP contribution in [0.15, 0.2) is 59.8 Å². The zero-order chi connectivity index (χ0) is 22.0. The van der Waals surface area contributed by atoms with Crippen molar-refractivity contribution < 1.29 is 13.5 Å². The predicted octanol–water partition coefficient (Wildman–Crippen LogP) is 2.39. The third-order valence-corrected chi connectivity index (χ3v) is 7.27. The number of anilines is 1. The van der Waals surface area contributed by atoms with Crippen molar-refractivity contribution >= 4 is 15.8 Å². The van der Waals surface area contributed by atoms with Crippen molar-refractivity contribution in [3.05, 3.63) is 66.1 Å². The molecular weight excluding hydrogens is 414 g/mol. The van der Waals surface area contributed by atoms with Crippen LogP contribution < -0.4 is 5.32 Å². The van der Waals surface area contributed by atoms with Crippen LogP contribution in [0.3, 0.4) is 0 Å². The van der Waals surface area contributed by atoms with Gasteiger partial charge in [-0.25, -0.2) is 13.4 Å². The number of β-amino-alcohol motifs (C(OH)–C–C–N with tert-alkyl or cyclic N) is 1. The van der Waals surface area contributed by atoms with Crippen LogP contribution in [-0.4, -0.2) is 58.2 Å². The molecule has 8 nitrogen and oxygen atoms in total. The van der Waals surface area contributed by atoms with Crippen molar-refractivity contribution in [2.45, 2.75) is 37.3 Å². The Labute approximate surface area is 182 Å². The van der Waals surface area contributed by atoms with E-state index in [1.54, 1.807) is 36.7 Å². The highest BCUT2D eigenvalue weighted by Crippen LogP contribution is 2.25. The minimum absolute atomic E-state index is 0.0289. The van der Waals surface area contributed by atoms with E-state index in [-0.39, 0.29) is 17.5 Å². The van der Waals surface area contributed by atoms with Crippen molar-refractivity contribution in [2.75, 3.05) is 18.4 Å². The maximum atomic E-state index is 13.1. The first kappa shape index (κ1) is 21.4. The minimum atomic E-state index is -3.70. The third kappa shape index (κ3) is 4.73. The van der Waals surface area contributed by atoms with Crippen molar-refractivity contribution in [3.63, 3.8) is 0 Å². The molecule has 1 aliphatic heterocycles. The van der Waals surface area contributed by atoms with Crippen LogP contribution in [0.25, 0.3) is 11.1 Å². The van der Waals surface area contributed by atoms with E-state index in [1.807, 2.05) is 32.0 Å². The van der Waals surface area contributed by atoms with Crippen LogP contribution in [0.1, 0.15) is 17.7 Å². The predicted molar refractivity (Wildman–Crippen MR) is 118 cm³/mol. The Hall–Kier alpha value is -2.88. The normalized spacial score (nSPS) is 19.8. The number of sulfonamides is 1. The first-order valence-electron chi connectivity index (χ1n) is 10.1. The smallest absolute Gasteiger partial charge is 0.243 e. The first-order chi connectivity index (χ1) is 14.8. The summed E-state index contributed by atoms with van der Waals surface area (Å²) in [6.45, 7) is 4.16. The lowest BCUT2D eigenvalue weighted by molar-refractivity contribution is 0.0949. The summed E-state index contributed by atoms with van der Waals surface area (Å²) in [5.41, 5.74) is 3.59. The summed E-state index contributed by atoms with van der Waals surface area (Å²) < 4.78 is 27.5. The van der Waals surface area contributed by atoms with Crippen molar-refractivity contribution in [1.29, 1.82) is 0 Å². The molecule has 1 fully saturated rings. The van der Waals surface area contributed by atoms with Gasteiger partial charge >= 0.3 is 0 Å². The summed E-state index contributed by atoms with van der Waals surface area (Å²) in [6, 6.07) is 12.1. The molecule has 2 atom stereocenters. The lowest BCUT2D eigenvalue weighted by atomic mass is 10.0. The molecule has 0 aliphatic carbocycles. The minimum Gasteiger partial charge on any atom is -0.390 e. The molecule has 162 valence electrons. The zero-order valence-electron chi connectivity index (χ0n) is 17.4. The molecule has 0 amide bonds. The molecule has 1 aromatic carbocycles. The average Bonchev–Trinajstić information content (AvgIpc) is 2.76. The number of nitrogens with zero attached hydrogens (tertiary/aromatic N) is 4. The number of nitrogens with one attached hydrogen (secondary N) is 1. The molecule has 3 aromatic rings. The Bertz CT molecular complexity index is 1150. The van der Waals surface area contributed by atoms with Crippen molar-refractivity contribution in [1.82, 2.24) is 19.5 Å². The van der Waals surface area contributed by atoms with Crippen LogP contribution in [0.2, 0.25) is 0 Å². The highest BCUT2D eigenvalue weighted by Gasteiger charge is 2.34. The second-order valence-corrected chi connectivity index (χ2v) is 9.74. The van der Waals surface area contributed by atoms with E-state index in [0.717, 1.165) is 22.4 Å². The molecule has 0 saturated carbocycles. The maximum absolute atomic E-state index is 13.1. The van der Waals surface area contributed by atoms with E-state index in [0.29, 0.717) is 18.8 Å². The van der Waals surface area contributed by atoms with Gasteiger partial charge in [0, 0.05) is 24.8 Å². The average molecular weight is 440 g/mol. The van der Waals surface area contributed by atoms with Gasteiger partial charge in [0.25, 0.3) is 0 Å². The van der Waals surface area contributed by atoms with Gasteiger partial charge in [0.1, 0.15) is 5.82 Å². The number of aryl methyl sites for hydroxylation is 2. The number of hydrogen-bond donors (Lipinski definition) is 2. The number of pyridine rings is 1. The summed E-state index contributed by atoms with van der Waals surface area (Å²) in [5.74, 6) is 0.669. The summed E-state index contributed by atoms with van der Waals surface area (Å²) in [5, 5.41) is 21.7. The van der Waals surface area contributed by atoms with Crippen LogP contribution in [0.5, 0.6) is 0 Å². The number of piperidine rings is 1. The zero-order valence-corrected chi connectivity index (χ0v) is 18.2. The molecule has 0 radical (unpaired) electrons. The number of hydrogen-bond acceptors (Lipinski definition) is 7. The largest absolute Gasteiger partial charge is 0.390 e. The molecule has 2 N–H and O–H groups in total. The third-order valence-electron chi connectivity index (χ3n) is 5.39. The van der Waals surface area contributed by atoms with Crippen LogP contribution >= 0.6 is 0 Å². The maximum Gasteiger partial charge on any atom is 0.243 e. The Kier molecular flexibility index (Phi) is 5.99. The highest BCUT2D eigenvalue weighted by molar-refractivity contribution is 7.89. The lowest BCUT2D eigenvalue weighted by Gasteiger charge is -2.35.